The van der Waals surface area contributed by atoms with Gasteiger partial charge in [-0.1, -0.05) is 27.5 Å². The lowest BCUT2D eigenvalue weighted by molar-refractivity contribution is -0.120. The van der Waals surface area contributed by atoms with Crippen LogP contribution in [0.5, 0.6) is 0 Å². The summed E-state index contributed by atoms with van der Waals surface area (Å²) in [5, 5.41) is 12.2. The van der Waals surface area contributed by atoms with Crippen LogP contribution in [0.2, 0.25) is 5.02 Å². The van der Waals surface area contributed by atoms with Crippen LogP contribution in [0.15, 0.2) is 22.7 Å². The Morgan fingerprint density at radius 3 is 2.94 bits per heavy atom. The average Bonchev–Trinajstić information content (AvgIpc) is 2.20. The lowest BCUT2D eigenvalue weighted by Gasteiger charge is -2.08. The van der Waals surface area contributed by atoms with Crippen LogP contribution in [-0.2, 0) is 11.2 Å². The fraction of sp³-hybridized carbons (Fsp3) is 0.364. The first kappa shape index (κ1) is 13.5. The highest BCUT2D eigenvalue weighted by atomic mass is 79.9. The second-order valence-corrected chi connectivity index (χ2v) is 4.86. The topological polar surface area (TPSA) is 49.3 Å². The van der Waals surface area contributed by atoms with E-state index in [1.165, 1.54) is 0 Å². The molecule has 5 heteroatoms. The van der Waals surface area contributed by atoms with E-state index < -0.39 is 6.10 Å². The van der Waals surface area contributed by atoms with E-state index in [0.29, 0.717) is 5.02 Å². The van der Waals surface area contributed by atoms with Crippen molar-refractivity contribution < 1.29 is 9.90 Å². The van der Waals surface area contributed by atoms with Crippen LogP contribution in [-0.4, -0.2) is 23.7 Å². The molecule has 0 aliphatic heterocycles. The predicted octanol–water partition coefficient (Wildman–Crippen LogP) is 2.14. The molecule has 1 atom stereocenters. The van der Waals surface area contributed by atoms with Crippen LogP contribution in [0.4, 0.5) is 0 Å². The number of hydrogen-bond acceptors (Lipinski definition) is 2. The van der Waals surface area contributed by atoms with Gasteiger partial charge in [-0.05, 0) is 30.7 Å². The average molecular weight is 307 g/mol. The minimum Gasteiger partial charge on any atom is -0.392 e. The van der Waals surface area contributed by atoms with Gasteiger partial charge in [0, 0.05) is 16.0 Å². The molecule has 3 nitrogen and oxygen atoms in total. The van der Waals surface area contributed by atoms with E-state index in [-0.39, 0.29) is 18.9 Å². The molecule has 1 aromatic carbocycles. The van der Waals surface area contributed by atoms with Crippen molar-refractivity contribution in [2.45, 2.75) is 19.4 Å². The highest BCUT2D eigenvalue weighted by molar-refractivity contribution is 9.10. The second kappa shape index (κ2) is 6.23. The third-order valence-electron chi connectivity index (χ3n) is 1.95. The number of carbonyl (C=O) groups excluding carboxylic acids is 1. The van der Waals surface area contributed by atoms with Gasteiger partial charge in [0.05, 0.1) is 12.5 Å². The number of aliphatic hydroxyl groups is 1. The van der Waals surface area contributed by atoms with Crippen molar-refractivity contribution in [1.29, 1.82) is 0 Å². The first-order chi connectivity index (χ1) is 7.49. The molecule has 0 fully saturated rings. The van der Waals surface area contributed by atoms with Gasteiger partial charge in [0.1, 0.15) is 0 Å². The normalized spacial score (nSPS) is 12.2. The summed E-state index contributed by atoms with van der Waals surface area (Å²) in [6.07, 6.45) is -0.292. The first-order valence-corrected chi connectivity index (χ1v) is 6.05. The van der Waals surface area contributed by atoms with E-state index in [1.807, 2.05) is 0 Å². The summed E-state index contributed by atoms with van der Waals surface area (Å²) in [4.78, 5) is 11.5. The fourth-order valence-electron chi connectivity index (χ4n) is 1.18. The summed E-state index contributed by atoms with van der Waals surface area (Å²) in [7, 11) is 0. The standard InChI is InChI=1S/C11H13BrClNO2/c1-7(15)6-14-11(16)5-8-4-9(13)2-3-10(8)12/h2-4,7,15H,5-6H2,1H3,(H,14,16). The molecule has 0 saturated carbocycles. The Labute approximate surface area is 108 Å². The summed E-state index contributed by atoms with van der Waals surface area (Å²) >= 11 is 9.19. The molecule has 0 spiro atoms. The Morgan fingerprint density at radius 1 is 1.62 bits per heavy atom. The van der Waals surface area contributed by atoms with E-state index >= 15 is 0 Å². The Kier molecular flexibility index (Phi) is 5.25. The maximum Gasteiger partial charge on any atom is 0.224 e. The van der Waals surface area contributed by atoms with Crippen LogP contribution in [0.3, 0.4) is 0 Å². The van der Waals surface area contributed by atoms with Gasteiger partial charge in [-0.15, -0.1) is 0 Å². The van der Waals surface area contributed by atoms with Gasteiger partial charge in [-0.2, -0.15) is 0 Å². The summed E-state index contributed by atoms with van der Waals surface area (Å²) in [5.74, 6) is -0.135. The molecular weight excluding hydrogens is 293 g/mol. The van der Waals surface area contributed by atoms with Gasteiger partial charge in [0.25, 0.3) is 0 Å². The molecule has 1 aromatic rings. The lowest BCUT2D eigenvalue weighted by Crippen LogP contribution is -2.31. The molecule has 1 rings (SSSR count). The van der Waals surface area contributed by atoms with Crippen LogP contribution in [0.25, 0.3) is 0 Å². The predicted molar refractivity (Wildman–Crippen MR) is 67.5 cm³/mol. The maximum atomic E-state index is 11.5. The van der Waals surface area contributed by atoms with E-state index in [4.69, 9.17) is 16.7 Å². The SMILES string of the molecule is CC(O)CNC(=O)Cc1cc(Cl)ccc1Br. The number of rotatable bonds is 4. The monoisotopic (exact) mass is 305 g/mol. The van der Waals surface area contributed by atoms with E-state index in [0.717, 1.165) is 10.0 Å². The van der Waals surface area contributed by atoms with Crippen molar-refractivity contribution in [1.82, 2.24) is 5.32 Å². The molecule has 16 heavy (non-hydrogen) atoms. The molecule has 0 aliphatic rings. The molecule has 0 aliphatic carbocycles. The lowest BCUT2D eigenvalue weighted by atomic mass is 10.1. The molecule has 0 aromatic heterocycles. The third kappa shape index (κ3) is 4.51. The summed E-state index contributed by atoms with van der Waals surface area (Å²) in [6.45, 7) is 1.88. The molecule has 0 bridgehead atoms. The van der Waals surface area contributed by atoms with Crippen molar-refractivity contribution >= 4 is 33.4 Å². The van der Waals surface area contributed by atoms with Crippen molar-refractivity contribution in [2.75, 3.05) is 6.54 Å². The number of hydrogen-bond donors (Lipinski definition) is 2. The molecule has 88 valence electrons. The van der Waals surface area contributed by atoms with Gasteiger partial charge in [-0.25, -0.2) is 0 Å². The Hall–Kier alpha value is -0.580. The Balaban J connectivity index is 2.59. The Morgan fingerprint density at radius 2 is 2.31 bits per heavy atom. The zero-order chi connectivity index (χ0) is 12.1. The largest absolute Gasteiger partial charge is 0.392 e. The third-order valence-corrected chi connectivity index (χ3v) is 2.96. The Bertz CT molecular complexity index is 382. The minimum atomic E-state index is -0.535. The van der Waals surface area contributed by atoms with Crippen LogP contribution < -0.4 is 5.32 Å². The van der Waals surface area contributed by atoms with Gasteiger partial charge >= 0.3 is 0 Å². The zero-order valence-corrected chi connectivity index (χ0v) is 11.2. The summed E-state index contributed by atoms with van der Waals surface area (Å²) < 4.78 is 0.851. The molecule has 1 amide bonds. The smallest absolute Gasteiger partial charge is 0.224 e. The molecule has 1 unspecified atom stereocenters. The fourth-order valence-corrected chi connectivity index (χ4v) is 1.76. The number of carbonyl (C=O) groups is 1. The van der Waals surface area contributed by atoms with Gasteiger partial charge < -0.3 is 10.4 Å². The number of nitrogens with one attached hydrogen (secondary N) is 1. The zero-order valence-electron chi connectivity index (χ0n) is 8.84. The van der Waals surface area contributed by atoms with Crippen LogP contribution >= 0.6 is 27.5 Å². The minimum absolute atomic E-state index is 0.135. The van der Waals surface area contributed by atoms with Crippen LogP contribution in [0.1, 0.15) is 12.5 Å². The molecule has 0 heterocycles. The first-order valence-electron chi connectivity index (χ1n) is 4.87. The summed E-state index contributed by atoms with van der Waals surface area (Å²) in [6, 6.07) is 5.30. The van der Waals surface area contributed by atoms with Crippen molar-refractivity contribution in [3.8, 4) is 0 Å². The van der Waals surface area contributed by atoms with Gasteiger partial charge in [0.15, 0.2) is 0 Å². The quantitative estimate of drug-likeness (QED) is 0.895. The summed E-state index contributed by atoms with van der Waals surface area (Å²) in [5.41, 5.74) is 0.829. The molecule has 0 saturated heterocycles. The molecule has 0 radical (unpaired) electrons. The van der Waals surface area contributed by atoms with Crippen LogP contribution in [0, 0.1) is 0 Å². The van der Waals surface area contributed by atoms with E-state index in [1.54, 1.807) is 25.1 Å². The molecular formula is C11H13BrClNO2. The number of amides is 1. The molecule has 2 N–H and O–H groups in total. The van der Waals surface area contributed by atoms with Crippen molar-refractivity contribution in [2.24, 2.45) is 0 Å². The number of benzene rings is 1. The highest BCUT2D eigenvalue weighted by Crippen LogP contribution is 2.21. The van der Waals surface area contributed by atoms with E-state index in [9.17, 15) is 4.79 Å². The van der Waals surface area contributed by atoms with Gasteiger partial charge in [-0.3, -0.25) is 4.79 Å². The highest BCUT2D eigenvalue weighted by Gasteiger charge is 2.08. The van der Waals surface area contributed by atoms with Crippen molar-refractivity contribution in [3.63, 3.8) is 0 Å². The van der Waals surface area contributed by atoms with Crippen molar-refractivity contribution in [3.05, 3.63) is 33.3 Å². The van der Waals surface area contributed by atoms with Gasteiger partial charge in [0.2, 0.25) is 5.91 Å². The number of halogens is 2. The number of aliphatic hydroxyl groups excluding tert-OH is 1. The second-order valence-electron chi connectivity index (χ2n) is 3.57. The maximum absolute atomic E-state index is 11.5. The van der Waals surface area contributed by atoms with E-state index in [2.05, 4.69) is 21.2 Å².